The maximum Gasteiger partial charge on any atom is 0.255 e. The van der Waals surface area contributed by atoms with E-state index >= 15 is 0 Å². The van der Waals surface area contributed by atoms with Crippen LogP contribution in [-0.4, -0.2) is 28.9 Å². The number of anilines is 2. The third kappa shape index (κ3) is 6.50. The smallest absolute Gasteiger partial charge is 0.255 e. The van der Waals surface area contributed by atoms with Crippen molar-refractivity contribution >= 4 is 40.3 Å². The summed E-state index contributed by atoms with van der Waals surface area (Å²) >= 11 is 0. The van der Waals surface area contributed by atoms with Crippen molar-refractivity contribution in [3.8, 4) is 0 Å². The molecule has 0 saturated heterocycles. The van der Waals surface area contributed by atoms with E-state index in [1.807, 2.05) is 32.0 Å². The van der Waals surface area contributed by atoms with Crippen LogP contribution in [0.15, 0.2) is 47.6 Å². The fourth-order valence-electron chi connectivity index (χ4n) is 4.06. The van der Waals surface area contributed by atoms with Gasteiger partial charge in [0.15, 0.2) is 0 Å². The van der Waals surface area contributed by atoms with E-state index in [4.69, 9.17) is 10.8 Å². The lowest BCUT2D eigenvalue weighted by Gasteiger charge is -2.17. The van der Waals surface area contributed by atoms with Gasteiger partial charge in [0.25, 0.3) is 11.8 Å². The van der Waals surface area contributed by atoms with Gasteiger partial charge in [-0.2, -0.15) is 5.10 Å². The molecule has 1 heterocycles. The zero-order valence-electron chi connectivity index (χ0n) is 21.2. The van der Waals surface area contributed by atoms with Crippen LogP contribution in [0.1, 0.15) is 74.9 Å². The molecular formula is C28H35N5O2. The van der Waals surface area contributed by atoms with Crippen LogP contribution < -0.4 is 10.3 Å². The van der Waals surface area contributed by atoms with Crippen LogP contribution in [0, 0.1) is 29.6 Å². The van der Waals surface area contributed by atoms with Crippen molar-refractivity contribution in [1.29, 1.82) is 10.8 Å². The number of nitrogens with zero attached hydrogens (tertiary/aromatic N) is 2. The van der Waals surface area contributed by atoms with Crippen LogP contribution in [0.4, 0.5) is 11.4 Å². The molecule has 0 bridgehead atoms. The third-order valence-electron chi connectivity index (χ3n) is 6.44. The predicted molar refractivity (Wildman–Crippen MR) is 143 cm³/mol. The first-order valence-corrected chi connectivity index (χ1v) is 12.1. The van der Waals surface area contributed by atoms with E-state index in [1.54, 1.807) is 24.3 Å². The Morgan fingerprint density at radius 2 is 1.71 bits per heavy atom. The van der Waals surface area contributed by atoms with Gasteiger partial charge < -0.3 is 16.1 Å². The molecule has 2 amide bonds. The normalized spacial score (nSPS) is 14.9. The fraction of sp³-hybridized carbons (Fsp3) is 0.393. The Balaban J connectivity index is 1.61. The molecule has 0 aliphatic carbocycles. The summed E-state index contributed by atoms with van der Waals surface area (Å²) in [5.41, 5.74) is 5.58. The number of nitrogens with one attached hydrogen (secondary N) is 3. The summed E-state index contributed by atoms with van der Waals surface area (Å²) in [5.74, 6) is 0.196. The van der Waals surface area contributed by atoms with Crippen LogP contribution >= 0.6 is 0 Å². The van der Waals surface area contributed by atoms with Crippen LogP contribution in [0.2, 0.25) is 0 Å². The zero-order valence-corrected chi connectivity index (χ0v) is 21.2. The van der Waals surface area contributed by atoms with Crippen molar-refractivity contribution in [1.82, 2.24) is 0 Å². The number of amides is 2. The first-order valence-electron chi connectivity index (χ1n) is 12.1. The number of rotatable bonds is 10. The van der Waals surface area contributed by atoms with E-state index in [9.17, 15) is 9.59 Å². The van der Waals surface area contributed by atoms with Gasteiger partial charge in [0.05, 0.1) is 12.1 Å². The maximum atomic E-state index is 12.8. The van der Waals surface area contributed by atoms with Gasteiger partial charge in [0, 0.05) is 28.4 Å². The Morgan fingerprint density at radius 3 is 2.29 bits per heavy atom. The SMILES string of the molecule is CCC(C)C(=N)CC(C)CC(=N)c1ccc(NC(=O)c2ccc(N3N=C(C)CC3=O)cc2)c(C)c1. The van der Waals surface area contributed by atoms with E-state index in [1.165, 1.54) is 5.01 Å². The summed E-state index contributed by atoms with van der Waals surface area (Å²) < 4.78 is 0. The van der Waals surface area contributed by atoms with Gasteiger partial charge in [-0.25, -0.2) is 5.01 Å². The Morgan fingerprint density at radius 1 is 1.06 bits per heavy atom. The molecule has 2 aromatic carbocycles. The van der Waals surface area contributed by atoms with Crippen molar-refractivity contribution in [2.75, 3.05) is 10.3 Å². The Labute approximate surface area is 207 Å². The Kier molecular flexibility index (Phi) is 8.33. The van der Waals surface area contributed by atoms with E-state index in [2.05, 4.69) is 31.2 Å². The summed E-state index contributed by atoms with van der Waals surface area (Å²) in [5, 5.41) is 25.3. The van der Waals surface area contributed by atoms with E-state index in [-0.39, 0.29) is 23.7 Å². The average Bonchev–Trinajstić information content (AvgIpc) is 3.17. The third-order valence-corrected chi connectivity index (χ3v) is 6.44. The second kappa shape index (κ2) is 11.2. The first-order chi connectivity index (χ1) is 16.6. The van der Waals surface area contributed by atoms with E-state index < -0.39 is 0 Å². The van der Waals surface area contributed by atoms with Crippen molar-refractivity contribution in [3.63, 3.8) is 0 Å². The molecule has 2 aromatic rings. The molecule has 3 rings (SSSR count). The Hall–Kier alpha value is -3.61. The molecule has 7 nitrogen and oxygen atoms in total. The largest absolute Gasteiger partial charge is 0.322 e. The lowest BCUT2D eigenvalue weighted by Crippen LogP contribution is -2.20. The topological polar surface area (TPSA) is 109 Å². The summed E-state index contributed by atoms with van der Waals surface area (Å²) in [4.78, 5) is 24.8. The summed E-state index contributed by atoms with van der Waals surface area (Å²) in [6.45, 7) is 9.99. The van der Waals surface area contributed by atoms with Gasteiger partial charge in [-0.1, -0.05) is 26.8 Å². The number of hydrogen-bond acceptors (Lipinski definition) is 5. The lowest BCUT2D eigenvalue weighted by atomic mass is 9.89. The number of hydrazone groups is 1. The van der Waals surface area contributed by atoms with Crippen molar-refractivity contribution in [2.45, 2.75) is 60.3 Å². The van der Waals surface area contributed by atoms with E-state index in [0.29, 0.717) is 41.9 Å². The van der Waals surface area contributed by atoms with Crippen LogP contribution in [0.25, 0.3) is 0 Å². The number of hydrogen-bond donors (Lipinski definition) is 3. The minimum Gasteiger partial charge on any atom is -0.322 e. The van der Waals surface area contributed by atoms with Gasteiger partial charge >= 0.3 is 0 Å². The number of aryl methyl sites for hydroxylation is 1. The molecule has 0 spiro atoms. The summed E-state index contributed by atoms with van der Waals surface area (Å²) in [6.07, 6.45) is 2.60. The molecule has 3 N–H and O–H groups in total. The van der Waals surface area contributed by atoms with Crippen molar-refractivity contribution < 1.29 is 9.59 Å². The molecular weight excluding hydrogens is 438 g/mol. The standard InChI is InChI=1S/C28H35N5O2/c1-6-18(3)24(29)13-17(2)14-25(30)22-9-12-26(19(4)15-22)31-28(35)21-7-10-23(11-8-21)33-27(34)16-20(5)32-33/h7-12,15,17-18,29-30H,6,13-14,16H2,1-5H3,(H,31,35). The highest BCUT2D eigenvalue weighted by molar-refractivity contribution is 6.12. The minimum atomic E-state index is -0.243. The van der Waals surface area contributed by atoms with Gasteiger partial charge in [-0.05, 0) is 92.5 Å². The molecule has 2 unspecified atom stereocenters. The molecule has 1 aliphatic rings. The molecule has 184 valence electrons. The number of carbonyl (C=O) groups is 2. The molecule has 35 heavy (non-hydrogen) atoms. The van der Waals surface area contributed by atoms with Crippen LogP contribution in [0.3, 0.4) is 0 Å². The summed E-state index contributed by atoms with van der Waals surface area (Å²) in [7, 11) is 0. The number of benzene rings is 2. The van der Waals surface area contributed by atoms with Gasteiger partial charge in [-0.15, -0.1) is 0 Å². The van der Waals surface area contributed by atoms with Crippen molar-refractivity contribution in [2.24, 2.45) is 16.9 Å². The van der Waals surface area contributed by atoms with Crippen LogP contribution in [0.5, 0.6) is 0 Å². The molecule has 7 heteroatoms. The zero-order chi connectivity index (χ0) is 25.7. The molecule has 2 atom stereocenters. The maximum absolute atomic E-state index is 12.8. The van der Waals surface area contributed by atoms with Crippen LogP contribution in [-0.2, 0) is 4.79 Å². The fourth-order valence-corrected chi connectivity index (χ4v) is 4.06. The molecule has 0 aromatic heterocycles. The molecule has 1 aliphatic heterocycles. The second-order valence-corrected chi connectivity index (χ2v) is 9.57. The van der Waals surface area contributed by atoms with Gasteiger partial charge in [0.1, 0.15) is 0 Å². The predicted octanol–water partition coefficient (Wildman–Crippen LogP) is 6.21. The highest BCUT2D eigenvalue weighted by atomic mass is 16.2. The second-order valence-electron chi connectivity index (χ2n) is 9.57. The quantitative estimate of drug-likeness (QED) is 0.357. The summed E-state index contributed by atoms with van der Waals surface area (Å²) in [6, 6.07) is 12.4. The molecule has 0 saturated carbocycles. The first kappa shape index (κ1) is 26.0. The van der Waals surface area contributed by atoms with Crippen molar-refractivity contribution in [3.05, 3.63) is 59.2 Å². The Bertz CT molecular complexity index is 1170. The lowest BCUT2D eigenvalue weighted by molar-refractivity contribution is -0.116. The average molecular weight is 474 g/mol. The minimum absolute atomic E-state index is 0.0795. The van der Waals surface area contributed by atoms with E-state index in [0.717, 1.165) is 29.0 Å². The molecule has 0 fully saturated rings. The monoisotopic (exact) mass is 473 g/mol. The number of carbonyl (C=O) groups excluding carboxylic acids is 2. The van der Waals surface area contributed by atoms with Gasteiger partial charge in [-0.3, -0.25) is 9.59 Å². The highest BCUT2D eigenvalue weighted by Gasteiger charge is 2.23. The van der Waals surface area contributed by atoms with Gasteiger partial charge in [0.2, 0.25) is 0 Å². The highest BCUT2D eigenvalue weighted by Crippen LogP contribution is 2.24. The molecule has 0 radical (unpaired) electrons.